The number of rotatable bonds is 3. The van der Waals surface area contributed by atoms with Crippen LogP contribution in [0.2, 0.25) is 0 Å². The van der Waals surface area contributed by atoms with Gasteiger partial charge in [-0.2, -0.15) is 8.78 Å². The van der Waals surface area contributed by atoms with Gasteiger partial charge >= 0.3 is 0 Å². The number of pyridine rings is 1. The fourth-order valence-corrected chi connectivity index (χ4v) is 1.07. The van der Waals surface area contributed by atoms with Gasteiger partial charge in [-0.25, -0.2) is 0 Å². The largest absolute Gasteiger partial charge is 0.266 e. The molecule has 0 spiro atoms. The lowest BCUT2D eigenvalue weighted by atomic mass is 10.00. The summed E-state index contributed by atoms with van der Waals surface area (Å²) in [5, 5.41) is 0. The number of aromatic nitrogens is 1. The second-order valence-electron chi connectivity index (χ2n) is 2.92. The maximum absolute atomic E-state index is 11.8. The van der Waals surface area contributed by atoms with Crippen molar-refractivity contribution in [3.8, 4) is 0 Å². The van der Waals surface area contributed by atoms with Gasteiger partial charge in [0.25, 0.3) is 6.08 Å². The molecule has 1 rings (SSSR count). The molecular weight excluding hydrogens is 172 g/mol. The van der Waals surface area contributed by atoms with Gasteiger partial charge in [-0.3, -0.25) is 4.98 Å². The maximum atomic E-state index is 11.8. The van der Waals surface area contributed by atoms with Crippen molar-refractivity contribution >= 4 is 0 Å². The van der Waals surface area contributed by atoms with E-state index >= 15 is 0 Å². The standard InChI is InChI=1S/C10H11F2N/c1-8(4-5-10(11)12)9-3-2-6-13-7-9/h2-3,5-8H,4H2,1H3. The molecular formula is C10H11F2N. The average Bonchev–Trinajstić information content (AvgIpc) is 2.15. The highest BCUT2D eigenvalue weighted by Gasteiger charge is 2.03. The molecule has 0 radical (unpaired) electrons. The molecule has 1 aromatic heterocycles. The van der Waals surface area contributed by atoms with Gasteiger partial charge in [0.05, 0.1) is 0 Å². The van der Waals surface area contributed by atoms with E-state index in [1.165, 1.54) is 0 Å². The molecule has 0 amide bonds. The lowest BCUT2D eigenvalue weighted by molar-refractivity contribution is 0.416. The number of hydrogen-bond donors (Lipinski definition) is 0. The molecule has 0 aliphatic heterocycles. The molecule has 0 aliphatic rings. The van der Waals surface area contributed by atoms with Gasteiger partial charge in [0.1, 0.15) is 0 Å². The normalized spacial score (nSPS) is 12.2. The Morgan fingerprint density at radius 1 is 1.62 bits per heavy atom. The molecule has 70 valence electrons. The van der Waals surface area contributed by atoms with Crippen LogP contribution in [0.5, 0.6) is 0 Å². The fraction of sp³-hybridized carbons (Fsp3) is 0.300. The third-order valence-electron chi connectivity index (χ3n) is 1.88. The molecule has 1 aromatic rings. The zero-order valence-electron chi connectivity index (χ0n) is 7.37. The minimum atomic E-state index is -1.62. The van der Waals surface area contributed by atoms with Crippen LogP contribution in [0.25, 0.3) is 0 Å². The van der Waals surface area contributed by atoms with Crippen molar-refractivity contribution < 1.29 is 8.78 Å². The Labute approximate surface area is 76.1 Å². The van der Waals surface area contributed by atoms with E-state index in [9.17, 15) is 8.78 Å². The van der Waals surface area contributed by atoms with Gasteiger partial charge in [-0.05, 0) is 30.0 Å². The summed E-state index contributed by atoms with van der Waals surface area (Å²) in [5.41, 5.74) is 0.986. The fourth-order valence-electron chi connectivity index (χ4n) is 1.07. The molecule has 0 saturated heterocycles. The van der Waals surface area contributed by atoms with E-state index < -0.39 is 6.08 Å². The van der Waals surface area contributed by atoms with Gasteiger partial charge in [0.2, 0.25) is 0 Å². The first-order chi connectivity index (χ1) is 6.20. The average molecular weight is 183 g/mol. The van der Waals surface area contributed by atoms with E-state index in [1.54, 1.807) is 18.5 Å². The number of hydrogen-bond acceptors (Lipinski definition) is 1. The molecule has 3 heteroatoms. The van der Waals surface area contributed by atoms with Crippen molar-refractivity contribution in [3.05, 3.63) is 42.2 Å². The first-order valence-electron chi connectivity index (χ1n) is 4.11. The molecule has 1 nitrogen and oxygen atoms in total. The van der Waals surface area contributed by atoms with Gasteiger partial charge in [-0.1, -0.05) is 13.0 Å². The Balaban J connectivity index is 2.59. The van der Waals surface area contributed by atoms with E-state index in [2.05, 4.69) is 4.98 Å². The molecule has 13 heavy (non-hydrogen) atoms. The topological polar surface area (TPSA) is 12.9 Å². The van der Waals surface area contributed by atoms with Gasteiger partial charge in [0.15, 0.2) is 0 Å². The quantitative estimate of drug-likeness (QED) is 0.700. The first kappa shape index (κ1) is 9.84. The molecule has 0 N–H and O–H groups in total. The van der Waals surface area contributed by atoms with Crippen LogP contribution in [-0.4, -0.2) is 4.98 Å². The molecule has 1 heterocycles. The van der Waals surface area contributed by atoms with Crippen molar-refractivity contribution in [1.29, 1.82) is 0 Å². The number of nitrogens with zero attached hydrogens (tertiary/aromatic N) is 1. The van der Waals surface area contributed by atoms with Crippen LogP contribution < -0.4 is 0 Å². The molecule has 0 saturated carbocycles. The molecule has 0 fully saturated rings. The summed E-state index contributed by atoms with van der Waals surface area (Å²) in [4.78, 5) is 3.92. The van der Waals surface area contributed by atoms with Gasteiger partial charge < -0.3 is 0 Å². The Bertz CT molecular complexity index is 278. The van der Waals surface area contributed by atoms with Crippen LogP contribution in [0.4, 0.5) is 8.78 Å². The first-order valence-corrected chi connectivity index (χ1v) is 4.11. The van der Waals surface area contributed by atoms with Crippen LogP contribution in [0, 0.1) is 0 Å². The lowest BCUT2D eigenvalue weighted by Gasteiger charge is -2.06. The van der Waals surface area contributed by atoms with E-state index in [0.717, 1.165) is 11.6 Å². The SMILES string of the molecule is CC(CC=C(F)F)c1cccnc1. The highest BCUT2D eigenvalue weighted by molar-refractivity contribution is 5.14. The van der Waals surface area contributed by atoms with E-state index in [4.69, 9.17) is 0 Å². The predicted octanol–water partition coefficient (Wildman–Crippen LogP) is 3.36. The van der Waals surface area contributed by atoms with Crippen LogP contribution >= 0.6 is 0 Å². The summed E-state index contributed by atoms with van der Waals surface area (Å²) in [6.45, 7) is 1.90. The second-order valence-corrected chi connectivity index (χ2v) is 2.92. The van der Waals surface area contributed by atoms with Crippen molar-refractivity contribution in [3.63, 3.8) is 0 Å². The monoisotopic (exact) mass is 183 g/mol. The minimum absolute atomic E-state index is 0.0928. The molecule has 1 atom stereocenters. The van der Waals surface area contributed by atoms with Crippen LogP contribution in [-0.2, 0) is 0 Å². The summed E-state index contributed by atoms with van der Waals surface area (Å²) in [6, 6.07) is 3.70. The molecule has 1 unspecified atom stereocenters. The molecule has 0 aliphatic carbocycles. The number of halogens is 2. The second kappa shape index (κ2) is 4.70. The molecule has 0 aromatic carbocycles. The summed E-state index contributed by atoms with van der Waals surface area (Å²) in [6.07, 6.45) is 3.05. The van der Waals surface area contributed by atoms with E-state index in [-0.39, 0.29) is 5.92 Å². The van der Waals surface area contributed by atoms with Crippen molar-refractivity contribution in [2.24, 2.45) is 0 Å². The van der Waals surface area contributed by atoms with Crippen molar-refractivity contribution in [1.82, 2.24) is 4.98 Å². The van der Waals surface area contributed by atoms with Crippen molar-refractivity contribution in [2.75, 3.05) is 0 Å². The predicted molar refractivity (Wildman–Crippen MR) is 47.6 cm³/mol. The van der Waals surface area contributed by atoms with Crippen molar-refractivity contribution in [2.45, 2.75) is 19.3 Å². The van der Waals surface area contributed by atoms with E-state index in [1.807, 2.05) is 13.0 Å². The Morgan fingerprint density at radius 2 is 2.38 bits per heavy atom. The zero-order valence-corrected chi connectivity index (χ0v) is 7.37. The van der Waals surface area contributed by atoms with Crippen LogP contribution in [0.1, 0.15) is 24.8 Å². The lowest BCUT2D eigenvalue weighted by Crippen LogP contribution is -1.91. The molecule has 0 bridgehead atoms. The summed E-state index contributed by atoms with van der Waals surface area (Å²) in [7, 11) is 0. The maximum Gasteiger partial charge on any atom is 0.266 e. The summed E-state index contributed by atoms with van der Waals surface area (Å²) >= 11 is 0. The Hall–Kier alpha value is -1.25. The highest BCUT2D eigenvalue weighted by atomic mass is 19.3. The third-order valence-corrected chi connectivity index (χ3v) is 1.88. The third kappa shape index (κ3) is 3.32. The van der Waals surface area contributed by atoms with Gasteiger partial charge in [0, 0.05) is 12.4 Å². The number of allylic oxidation sites excluding steroid dienone is 1. The Morgan fingerprint density at radius 3 is 2.92 bits per heavy atom. The smallest absolute Gasteiger partial charge is 0.264 e. The zero-order chi connectivity index (χ0) is 9.68. The van der Waals surface area contributed by atoms with Gasteiger partial charge in [-0.15, -0.1) is 0 Å². The minimum Gasteiger partial charge on any atom is -0.264 e. The summed E-state index contributed by atoms with van der Waals surface area (Å²) < 4.78 is 23.5. The van der Waals surface area contributed by atoms with Crippen LogP contribution in [0.15, 0.2) is 36.7 Å². The van der Waals surface area contributed by atoms with Crippen LogP contribution in [0.3, 0.4) is 0 Å². The highest BCUT2D eigenvalue weighted by Crippen LogP contribution is 2.19. The summed E-state index contributed by atoms with van der Waals surface area (Å²) in [5.74, 6) is 0.0928. The Kier molecular flexibility index (Phi) is 3.55. The van der Waals surface area contributed by atoms with E-state index in [0.29, 0.717) is 6.42 Å².